The molecule has 0 saturated carbocycles. The van der Waals surface area contributed by atoms with E-state index in [0.29, 0.717) is 35.9 Å². The Kier molecular flexibility index (Phi) is 7.36. The molecule has 7 nitrogen and oxygen atoms in total. The number of carbonyl (C=O) groups is 1. The van der Waals surface area contributed by atoms with Crippen molar-refractivity contribution in [1.29, 1.82) is 0 Å². The average molecular weight is 481 g/mol. The summed E-state index contributed by atoms with van der Waals surface area (Å²) >= 11 is 0. The van der Waals surface area contributed by atoms with Gasteiger partial charge in [0.1, 0.15) is 0 Å². The van der Waals surface area contributed by atoms with Gasteiger partial charge in [-0.1, -0.05) is 31.5 Å². The minimum Gasteiger partial charge on any atom is -0.338 e. The number of unbranched alkanes of at least 4 members (excludes halogenated alkanes) is 1. The van der Waals surface area contributed by atoms with Crippen molar-refractivity contribution in [3.63, 3.8) is 0 Å². The highest BCUT2D eigenvalue weighted by Gasteiger charge is 2.26. The Morgan fingerprint density at radius 2 is 1.85 bits per heavy atom. The van der Waals surface area contributed by atoms with Crippen LogP contribution in [0.2, 0.25) is 0 Å². The molecule has 1 aliphatic heterocycles. The van der Waals surface area contributed by atoms with Gasteiger partial charge in [-0.2, -0.15) is 0 Å². The minimum atomic E-state index is -3.83. The SMILES string of the molecule is CCCCc1ccc(NS(=O)(=O)c2cc(C(=O)N3CCC(n4ccnc4)CC3)ccc2C)cc1. The van der Waals surface area contributed by atoms with Gasteiger partial charge in [0, 0.05) is 42.8 Å². The third-order valence-corrected chi connectivity index (χ3v) is 7.97. The number of amides is 1. The topological polar surface area (TPSA) is 84.3 Å². The summed E-state index contributed by atoms with van der Waals surface area (Å²) in [6, 6.07) is 12.7. The number of nitrogens with zero attached hydrogens (tertiary/aromatic N) is 3. The van der Waals surface area contributed by atoms with Crippen molar-refractivity contribution < 1.29 is 13.2 Å². The van der Waals surface area contributed by atoms with Crippen molar-refractivity contribution in [3.8, 4) is 0 Å². The Bertz CT molecular complexity index is 1210. The van der Waals surface area contributed by atoms with Crippen LogP contribution in [0.4, 0.5) is 5.69 Å². The van der Waals surface area contributed by atoms with Crippen LogP contribution < -0.4 is 4.72 Å². The number of piperidine rings is 1. The monoisotopic (exact) mass is 480 g/mol. The van der Waals surface area contributed by atoms with E-state index >= 15 is 0 Å². The summed E-state index contributed by atoms with van der Waals surface area (Å²) in [6.45, 7) is 5.14. The lowest BCUT2D eigenvalue weighted by Gasteiger charge is -2.32. The molecule has 2 aromatic carbocycles. The predicted octanol–water partition coefficient (Wildman–Crippen LogP) is 4.81. The molecule has 0 unspecified atom stereocenters. The zero-order valence-corrected chi connectivity index (χ0v) is 20.6. The molecule has 180 valence electrons. The van der Waals surface area contributed by atoms with Crippen LogP contribution in [-0.2, 0) is 16.4 Å². The molecule has 1 amide bonds. The lowest BCUT2D eigenvalue weighted by Crippen LogP contribution is -2.39. The van der Waals surface area contributed by atoms with Gasteiger partial charge in [0.05, 0.1) is 11.2 Å². The molecule has 34 heavy (non-hydrogen) atoms. The van der Waals surface area contributed by atoms with Crippen molar-refractivity contribution in [2.75, 3.05) is 17.8 Å². The predicted molar refractivity (Wildman–Crippen MR) is 133 cm³/mol. The number of aromatic nitrogens is 2. The Hall–Kier alpha value is -3.13. The number of sulfonamides is 1. The van der Waals surface area contributed by atoms with E-state index in [1.54, 1.807) is 42.3 Å². The summed E-state index contributed by atoms with van der Waals surface area (Å²) in [5, 5.41) is 0. The van der Waals surface area contributed by atoms with E-state index in [-0.39, 0.29) is 10.8 Å². The van der Waals surface area contributed by atoms with Crippen LogP contribution in [0, 0.1) is 6.92 Å². The highest BCUT2D eigenvalue weighted by molar-refractivity contribution is 7.92. The highest BCUT2D eigenvalue weighted by Crippen LogP contribution is 2.26. The first-order chi connectivity index (χ1) is 16.4. The zero-order chi connectivity index (χ0) is 24.1. The van der Waals surface area contributed by atoms with Crippen LogP contribution in [0.5, 0.6) is 0 Å². The molecule has 1 N–H and O–H groups in total. The van der Waals surface area contributed by atoms with E-state index in [1.807, 2.05) is 24.7 Å². The van der Waals surface area contributed by atoms with Crippen LogP contribution in [0.3, 0.4) is 0 Å². The molecule has 3 aromatic rings. The Morgan fingerprint density at radius 3 is 2.50 bits per heavy atom. The number of hydrogen-bond acceptors (Lipinski definition) is 4. The van der Waals surface area contributed by atoms with Crippen LogP contribution >= 0.6 is 0 Å². The molecule has 0 bridgehead atoms. The quantitative estimate of drug-likeness (QED) is 0.501. The fourth-order valence-electron chi connectivity index (χ4n) is 4.39. The summed E-state index contributed by atoms with van der Waals surface area (Å²) in [4.78, 5) is 19.2. The van der Waals surface area contributed by atoms with E-state index in [2.05, 4.69) is 21.2 Å². The Morgan fingerprint density at radius 1 is 1.12 bits per heavy atom. The minimum absolute atomic E-state index is 0.127. The molecule has 2 heterocycles. The third-order valence-electron chi connectivity index (χ3n) is 6.45. The van der Waals surface area contributed by atoms with Crippen LogP contribution in [-0.4, -0.2) is 41.9 Å². The van der Waals surface area contributed by atoms with Gasteiger partial charge in [-0.15, -0.1) is 0 Å². The average Bonchev–Trinajstić information content (AvgIpc) is 3.38. The third kappa shape index (κ3) is 5.50. The molecule has 4 rings (SSSR count). The van der Waals surface area contributed by atoms with E-state index in [1.165, 1.54) is 11.6 Å². The molecule has 8 heteroatoms. The van der Waals surface area contributed by atoms with Gasteiger partial charge in [0.25, 0.3) is 15.9 Å². The first kappa shape index (κ1) is 24.0. The summed E-state index contributed by atoms with van der Waals surface area (Å²) in [6.07, 6.45) is 10.4. The van der Waals surface area contributed by atoms with E-state index in [0.717, 1.165) is 32.1 Å². The second-order valence-electron chi connectivity index (χ2n) is 8.92. The fraction of sp³-hybridized carbons (Fsp3) is 0.385. The van der Waals surface area contributed by atoms with Crippen LogP contribution in [0.1, 0.15) is 60.1 Å². The molecule has 0 radical (unpaired) electrons. The number of rotatable bonds is 8. The van der Waals surface area contributed by atoms with Crippen molar-refractivity contribution in [2.45, 2.75) is 56.9 Å². The number of imidazole rings is 1. The maximum Gasteiger partial charge on any atom is 0.262 e. The largest absolute Gasteiger partial charge is 0.338 e. The van der Waals surface area contributed by atoms with Crippen molar-refractivity contribution >= 4 is 21.6 Å². The number of nitrogens with one attached hydrogen (secondary N) is 1. The number of likely N-dealkylation sites (tertiary alicyclic amines) is 1. The molecular formula is C26H32N4O3S. The maximum absolute atomic E-state index is 13.2. The van der Waals surface area contributed by atoms with E-state index in [4.69, 9.17) is 0 Å². The first-order valence-corrected chi connectivity index (χ1v) is 13.3. The molecule has 0 aliphatic carbocycles. The Labute approximate surface area is 201 Å². The summed E-state index contributed by atoms with van der Waals surface area (Å²) in [5.74, 6) is -0.138. The molecule has 1 saturated heterocycles. The second kappa shape index (κ2) is 10.4. The van der Waals surface area contributed by atoms with Crippen LogP contribution in [0.25, 0.3) is 0 Å². The van der Waals surface area contributed by atoms with E-state index < -0.39 is 10.0 Å². The number of anilines is 1. The summed E-state index contributed by atoms with van der Waals surface area (Å²) < 4.78 is 31.1. The first-order valence-electron chi connectivity index (χ1n) is 11.9. The van der Waals surface area contributed by atoms with Crippen molar-refractivity contribution in [3.05, 3.63) is 77.9 Å². The second-order valence-corrected chi connectivity index (χ2v) is 10.6. The lowest BCUT2D eigenvalue weighted by molar-refractivity contribution is 0.0694. The zero-order valence-electron chi connectivity index (χ0n) is 19.8. The molecule has 1 aliphatic rings. The van der Waals surface area contributed by atoms with Gasteiger partial charge in [0.2, 0.25) is 0 Å². The van der Waals surface area contributed by atoms with Gasteiger partial charge in [-0.05, 0) is 68.0 Å². The smallest absolute Gasteiger partial charge is 0.262 e. The van der Waals surface area contributed by atoms with Gasteiger partial charge in [-0.3, -0.25) is 9.52 Å². The number of aryl methyl sites for hydroxylation is 2. The highest BCUT2D eigenvalue weighted by atomic mass is 32.2. The van der Waals surface area contributed by atoms with Gasteiger partial charge in [0.15, 0.2) is 0 Å². The summed E-state index contributed by atoms with van der Waals surface area (Å²) in [5.41, 5.74) is 2.69. The number of hydrogen-bond donors (Lipinski definition) is 1. The fourth-order valence-corrected chi connectivity index (χ4v) is 5.72. The molecule has 1 aromatic heterocycles. The molecule has 0 spiro atoms. The lowest BCUT2D eigenvalue weighted by atomic mass is 10.0. The molecule has 1 fully saturated rings. The van der Waals surface area contributed by atoms with Crippen LogP contribution in [0.15, 0.2) is 66.1 Å². The summed E-state index contributed by atoms with van der Waals surface area (Å²) in [7, 11) is -3.83. The van der Waals surface area contributed by atoms with Gasteiger partial charge >= 0.3 is 0 Å². The van der Waals surface area contributed by atoms with E-state index in [9.17, 15) is 13.2 Å². The van der Waals surface area contributed by atoms with Crippen molar-refractivity contribution in [1.82, 2.24) is 14.5 Å². The maximum atomic E-state index is 13.2. The Balaban J connectivity index is 1.46. The van der Waals surface area contributed by atoms with Crippen molar-refractivity contribution in [2.24, 2.45) is 0 Å². The van der Waals surface area contributed by atoms with Gasteiger partial charge < -0.3 is 9.47 Å². The number of carbonyl (C=O) groups excluding carboxylic acids is 1. The van der Waals surface area contributed by atoms with Gasteiger partial charge in [-0.25, -0.2) is 13.4 Å². The number of benzene rings is 2. The molecular weight excluding hydrogens is 448 g/mol. The standard InChI is InChI=1S/C26H32N4O3S/c1-3-4-5-21-7-10-23(11-8-21)28-34(32,33)25-18-22(9-6-20(25)2)26(31)29-15-12-24(13-16-29)30-17-14-27-19-30/h6-11,14,17-19,24,28H,3-5,12-13,15-16H2,1-2H3. The normalized spacial score (nSPS) is 14.8. The molecule has 0 atom stereocenters.